The van der Waals surface area contributed by atoms with Crippen LogP contribution >= 0.6 is 31.9 Å². The van der Waals surface area contributed by atoms with Crippen LogP contribution in [0.1, 0.15) is 17.0 Å². The van der Waals surface area contributed by atoms with Gasteiger partial charge in [0.15, 0.2) is 0 Å². The molecular weight excluding hydrogens is 384 g/mol. The third-order valence-electron chi connectivity index (χ3n) is 2.92. The zero-order chi connectivity index (χ0) is 14.3. The highest BCUT2D eigenvalue weighted by atomic mass is 79.9. The van der Waals surface area contributed by atoms with E-state index in [9.17, 15) is 19.7 Å². The van der Waals surface area contributed by atoms with Gasteiger partial charge in [-0.25, -0.2) is 0 Å². The summed E-state index contributed by atoms with van der Waals surface area (Å²) >= 11 is 6.42. The van der Waals surface area contributed by atoms with E-state index in [0.717, 1.165) is 0 Å². The molecule has 8 heteroatoms. The van der Waals surface area contributed by atoms with Crippen LogP contribution in [0.25, 0.3) is 0 Å². The van der Waals surface area contributed by atoms with Crippen molar-refractivity contribution in [1.82, 2.24) is 5.32 Å². The summed E-state index contributed by atoms with van der Waals surface area (Å²) in [6, 6.07) is 2.90. The first kappa shape index (κ1) is 14.1. The summed E-state index contributed by atoms with van der Waals surface area (Å²) in [6.45, 7) is 1.61. The zero-order valence-electron chi connectivity index (χ0n) is 9.65. The van der Waals surface area contributed by atoms with Crippen LogP contribution in [-0.4, -0.2) is 21.6 Å². The fraction of sp³-hybridized carbons (Fsp3) is 0.273. The number of rotatable bonds is 2. The van der Waals surface area contributed by atoms with Crippen molar-refractivity contribution in [2.24, 2.45) is 0 Å². The Morgan fingerprint density at radius 1 is 1.32 bits per heavy atom. The number of nitrogens with zero attached hydrogens (tertiary/aromatic N) is 1. The van der Waals surface area contributed by atoms with E-state index in [0.29, 0.717) is 15.6 Å². The van der Waals surface area contributed by atoms with Crippen LogP contribution in [0.4, 0.5) is 5.69 Å². The van der Waals surface area contributed by atoms with Crippen LogP contribution < -0.4 is 5.32 Å². The maximum absolute atomic E-state index is 11.8. The van der Waals surface area contributed by atoms with Crippen molar-refractivity contribution in [2.75, 3.05) is 0 Å². The summed E-state index contributed by atoms with van der Waals surface area (Å²) in [5.74, 6) is -1.68. The first-order chi connectivity index (χ1) is 8.82. The Labute approximate surface area is 125 Å². The van der Waals surface area contributed by atoms with E-state index in [2.05, 4.69) is 37.2 Å². The van der Waals surface area contributed by atoms with E-state index in [1.165, 1.54) is 6.07 Å². The molecular formula is C11H8Br2N2O4. The molecule has 2 amide bonds. The molecule has 0 radical (unpaired) electrons. The van der Waals surface area contributed by atoms with Crippen LogP contribution in [0.15, 0.2) is 16.6 Å². The minimum absolute atomic E-state index is 0.0787. The van der Waals surface area contributed by atoms with Crippen LogP contribution in [0.5, 0.6) is 0 Å². The predicted octanol–water partition coefficient (Wildman–Crippen LogP) is 2.17. The van der Waals surface area contributed by atoms with Gasteiger partial charge in [0.2, 0.25) is 11.8 Å². The SMILES string of the molecule is Cc1cc(Br)c(C2C(=O)NC(=O)C2Br)cc1[N+](=O)[O-]. The van der Waals surface area contributed by atoms with Crippen LogP contribution in [0.2, 0.25) is 0 Å². The highest BCUT2D eigenvalue weighted by Crippen LogP contribution is 2.37. The van der Waals surface area contributed by atoms with Crippen molar-refractivity contribution in [3.8, 4) is 0 Å². The minimum Gasteiger partial charge on any atom is -0.295 e. The molecule has 1 aliphatic rings. The molecule has 0 aliphatic carbocycles. The molecule has 100 valence electrons. The molecule has 2 rings (SSSR count). The lowest BCUT2D eigenvalue weighted by molar-refractivity contribution is -0.385. The van der Waals surface area contributed by atoms with E-state index < -0.39 is 27.5 Å². The van der Waals surface area contributed by atoms with Gasteiger partial charge in [-0.2, -0.15) is 0 Å². The maximum Gasteiger partial charge on any atom is 0.272 e. The third-order valence-corrected chi connectivity index (χ3v) is 4.55. The first-order valence-corrected chi connectivity index (χ1v) is 6.97. The Hall–Kier alpha value is -1.28. The van der Waals surface area contributed by atoms with E-state index in [-0.39, 0.29) is 5.69 Å². The molecule has 1 aliphatic heterocycles. The minimum atomic E-state index is -0.777. The first-order valence-electron chi connectivity index (χ1n) is 5.26. The van der Waals surface area contributed by atoms with Gasteiger partial charge in [-0.15, -0.1) is 0 Å². The third kappa shape index (κ3) is 2.42. The molecule has 19 heavy (non-hydrogen) atoms. The fourth-order valence-electron chi connectivity index (χ4n) is 1.96. The molecule has 6 nitrogen and oxygen atoms in total. The van der Waals surface area contributed by atoms with Gasteiger partial charge in [0.25, 0.3) is 5.69 Å². The molecule has 2 unspecified atom stereocenters. The number of benzene rings is 1. The number of aryl methyl sites for hydroxylation is 1. The Balaban J connectivity index is 2.57. The highest BCUT2D eigenvalue weighted by Gasteiger charge is 2.42. The number of nitro benzene ring substituents is 1. The van der Waals surface area contributed by atoms with E-state index in [4.69, 9.17) is 0 Å². The molecule has 1 aromatic carbocycles. The number of carbonyl (C=O) groups is 2. The number of nitro groups is 1. The summed E-state index contributed by atoms with van der Waals surface area (Å²) in [5, 5.41) is 13.1. The second kappa shape index (κ2) is 5.01. The normalized spacial score (nSPS) is 22.5. The summed E-state index contributed by atoms with van der Waals surface area (Å²) in [6.07, 6.45) is 0. The topological polar surface area (TPSA) is 89.3 Å². The second-order valence-electron chi connectivity index (χ2n) is 4.15. The molecule has 1 N–H and O–H groups in total. The molecule has 1 heterocycles. The number of alkyl halides is 1. The highest BCUT2D eigenvalue weighted by molar-refractivity contribution is 9.10. The molecule has 0 saturated carbocycles. The van der Waals surface area contributed by atoms with Crippen LogP contribution in [-0.2, 0) is 9.59 Å². The summed E-state index contributed by atoms with van der Waals surface area (Å²) in [5.41, 5.74) is 0.823. The molecule has 0 spiro atoms. The lowest BCUT2D eigenvalue weighted by Crippen LogP contribution is -2.22. The van der Waals surface area contributed by atoms with Gasteiger partial charge < -0.3 is 0 Å². The largest absolute Gasteiger partial charge is 0.295 e. The molecule has 2 atom stereocenters. The number of amides is 2. The van der Waals surface area contributed by atoms with Crippen molar-refractivity contribution in [1.29, 1.82) is 0 Å². The van der Waals surface area contributed by atoms with E-state index >= 15 is 0 Å². The number of imide groups is 1. The Morgan fingerprint density at radius 2 is 1.95 bits per heavy atom. The molecule has 0 bridgehead atoms. The number of hydrogen-bond donors (Lipinski definition) is 1. The number of halogens is 2. The van der Waals surface area contributed by atoms with Crippen molar-refractivity contribution in [2.45, 2.75) is 17.7 Å². The van der Waals surface area contributed by atoms with Crippen molar-refractivity contribution in [3.63, 3.8) is 0 Å². The number of nitrogens with one attached hydrogen (secondary N) is 1. The van der Waals surface area contributed by atoms with Crippen LogP contribution in [0, 0.1) is 17.0 Å². The lowest BCUT2D eigenvalue weighted by Gasteiger charge is -2.13. The molecule has 1 aromatic rings. The standard InChI is InChI=1S/C11H8Br2N2O4/c1-4-2-6(12)5(3-7(4)15(18)19)8-9(13)11(17)14-10(8)16/h2-3,8-9H,1H3,(H,14,16,17). The smallest absolute Gasteiger partial charge is 0.272 e. The van der Waals surface area contributed by atoms with Gasteiger partial charge in [-0.1, -0.05) is 31.9 Å². The average Bonchev–Trinajstić information content (AvgIpc) is 2.54. The van der Waals surface area contributed by atoms with Gasteiger partial charge in [-0.05, 0) is 18.6 Å². The second-order valence-corrected chi connectivity index (χ2v) is 5.99. The monoisotopic (exact) mass is 390 g/mol. The maximum atomic E-state index is 11.8. The van der Waals surface area contributed by atoms with Gasteiger partial charge >= 0.3 is 0 Å². The van der Waals surface area contributed by atoms with Crippen molar-refractivity contribution in [3.05, 3.63) is 37.8 Å². The van der Waals surface area contributed by atoms with Gasteiger partial charge in [0, 0.05) is 16.1 Å². The van der Waals surface area contributed by atoms with Crippen molar-refractivity contribution >= 4 is 49.4 Å². The predicted molar refractivity (Wildman–Crippen MR) is 74.1 cm³/mol. The van der Waals surface area contributed by atoms with E-state index in [1.54, 1.807) is 13.0 Å². The van der Waals surface area contributed by atoms with Crippen molar-refractivity contribution < 1.29 is 14.5 Å². The Morgan fingerprint density at radius 3 is 2.42 bits per heavy atom. The lowest BCUT2D eigenvalue weighted by atomic mass is 9.95. The molecule has 1 saturated heterocycles. The number of hydrogen-bond acceptors (Lipinski definition) is 4. The van der Waals surface area contributed by atoms with Gasteiger partial charge in [-0.3, -0.25) is 25.0 Å². The summed E-state index contributed by atoms with van der Waals surface area (Å²) in [4.78, 5) is 32.9. The molecule has 0 aromatic heterocycles. The Bertz CT molecular complexity index is 603. The summed E-state index contributed by atoms with van der Waals surface area (Å²) in [7, 11) is 0. The summed E-state index contributed by atoms with van der Waals surface area (Å²) < 4.78 is 0.565. The van der Waals surface area contributed by atoms with E-state index in [1.807, 2.05) is 0 Å². The average molecular weight is 392 g/mol. The number of carbonyl (C=O) groups excluding carboxylic acids is 2. The van der Waals surface area contributed by atoms with Gasteiger partial charge in [0.1, 0.15) is 4.83 Å². The molecule has 1 fully saturated rings. The quantitative estimate of drug-likeness (QED) is 0.362. The zero-order valence-corrected chi connectivity index (χ0v) is 12.8. The van der Waals surface area contributed by atoms with Crippen LogP contribution in [0.3, 0.4) is 0 Å². The van der Waals surface area contributed by atoms with Gasteiger partial charge in [0.05, 0.1) is 10.8 Å². The Kier molecular flexibility index (Phi) is 3.73. The fourth-order valence-corrected chi connectivity index (χ4v) is 3.31.